The minimum atomic E-state index is -0.370. The van der Waals surface area contributed by atoms with Crippen LogP contribution in [0.5, 0.6) is 11.5 Å². The van der Waals surface area contributed by atoms with Gasteiger partial charge in [-0.25, -0.2) is 0 Å². The molecule has 29 heavy (non-hydrogen) atoms. The van der Waals surface area contributed by atoms with Gasteiger partial charge < -0.3 is 25.2 Å². The quantitative estimate of drug-likeness (QED) is 0.764. The summed E-state index contributed by atoms with van der Waals surface area (Å²) < 4.78 is 11.7. The average Bonchev–Trinajstić information content (AvgIpc) is 2.77. The molecule has 0 bridgehead atoms. The fourth-order valence-electron chi connectivity index (χ4n) is 3.94. The van der Waals surface area contributed by atoms with Crippen LogP contribution in [0.15, 0.2) is 42.5 Å². The van der Waals surface area contributed by atoms with Crippen molar-refractivity contribution in [3.05, 3.63) is 53.6 Å². The topological polar surface area (TPSA) is 88.3 Å². The lowest BCUT2D eigenvalue weighted by atomic mass is 10.0. The number of hydrogen-bond acceptors (Lipinski definition) is 6. The largest absolute Gasteiger partial charge is 0.484 e. The van der Waals surface area contributed by atoms with E-state index < -0.39 is 0 Å². The molecular formula is C22H27N3O4. The lowest BCUT2D eigenvalue weighted by Gasteiger charge is -2.38. The van der Waals surface area contributed by atoms with Gasteiger partial charge in [0.1, 0.15) is 6.61 Å². The number of nitrogens with zero attached hydrogens (tertiary/aromatic N) is 2. The van der Waals surface area contributed by atoms with Crippen LogP contribution in [0.4, 0.5) is 5.69 Å². The first-order chi connectivity index (χ1) is 14.2. The third-order valence-corrected chi connectivity index (χ3v) is 5.56. The van der Waals surface area contributed by atoms with E-state index in [0.717, 1.165) is 56.1 Å². The second kappa shape index (κ2) is 8.71. The number of aliphatic hydroxyl groups is 1. The number of nitrogens with two attached hydrogens (primary N) is 1. The predicted octanol–water partition coefficient (Wildman–Crippen LogP) is 1.28. The third kappa shape index (κ3) is 4.31. The number of hydrogen-bond donors (Lipinski definition) is 2. The van der Waals surface area contributed by atoms with Gasteiger partial charge in [0, 0.05) is 38.3 Å². The molecule has 0 aromatic heterocycles. The molecule has 7 nitrogen and oxygen atoms in total. The molecule has 2 heterocycles. The molecule has 7 heteroatoms. The molecule has 2 aromatic carbocycles. The summed E-state index contributed by atoms with van der Waals surface area (Å²) in [6.07, 6.45) is 0.497. The van der Waals surface area contributed by atoms with Gasteiger partial charge in [0.25, 0.3) is 0 Å². The smallest absolute Gasteiger partial charge is 0.248 e. The first-order valence-corrected chi connectivity index (χ1v) is 10.0. The van der Waals surface area contributed by atoms with Crippen molar-refractivity contribution in [2.45, 2.75) is 12.5 Å². The zero-order valence-electron chi connectivity index (χ0n) is 16.4. The van der Waals surface area contributed by atoms with Gasteiger partial charge in [-0.05, 0) is 30.2 Å². The number of benzene rings is 2. The second-order valence-corrected chi connectivity index (χ2v) is 7.44. The molecule has 2 aliphatic heterocycles. The van der Waals surface area contributed by atoms with Crippen molar-refractivity contribution in [3.8, 4) is 11.5 Å². The van der Waals surface area contributed by atoms with Crippen molar-refractivity contribution in [1.82, 2.24) is 4.90 Å². The lowest BCUT2D eigenvalue weighted by molar-refractivity contribution is 0.0459. The summed E-state index contributed by atoms with van der Waals surface area (Å²) in [5.74, 6) is 1.09. The third-order valence-electron chi connectivity index (χ3n) is 5.56. The highest BCUT2D eigenvalue weighted by Gasteiger charge is 2.26. The predicted molar refractivity (Wildman–Crippen MR) is 111 cm³/mol. The number of amides is 1. The van der Waals surface area contributed by atoms with Crippen LogP contribution < -0.4 is 20.1 Å². The van der Waals surface area contributed by atoms with Crippen molar-refractivity contribution in [1.29, 1.82) is 0 Å². The summed E-state index contributed by atoms with van der Waals surface area (Å²) in [5, 5.41) is 9.30. The number of para-hydroxylation sites is 1. The Kier molecular flexibility index (Phi) is 5.87. The molecule has 0 aliphatic carbocycles. The van der Waals surface area contributed by atoms with Crippen LogP contribution in [0.1, 0.15) is 15.9 Å². The van der Waals surface area contributed by atoms with Crippen LogP contribution in [0.3, 0.4) is 0 Å². The molecule has 1 atom stereocenters. The molecule has 0 radical (unpaired) electrons. The maximum atomic E-state index is 11.6. The normalized spacial score (nSPS) is 19.2. The number of aliphatic hydroxyl groups excluding tert-OH is 1. The van der Waals surface area contributed by atoms with Crippen molar-refractivity contribution >= 4 is 11.6 Å². The maximum Gasteiger partial charge on any atom is 0.248 e. The molecule has 0 spiro atoms. The summed E-state index contributed by atoms with van der Waals surface area (Å²) in [6, 6.07) is 13.5. The Morgan fingerprint density at radius 3 is 2.66 bits per heavy atom. The van der Waals surface area contributed by atoms with E-state index in [1.165, 1.54) is 0 Å². The van der Waals surface area contributed by atoms with Crippen molar-refractivity contribution < 1.29 is 19.4 Å². The zero-order valence-corrected chi connectivity index (χ0v) is 16.4. The van der Waals surface area contributed by atoms with Gasteiger partial charge in [-0.1, -0.05) is 24.3 Å². The Labute approximate surface area is 170 Å². The Hall–Kier alpha value is -2.77. The highest BCUT2D eigenvalue weighted by molar-refractivity contribution is 5.94. The van der Waals surface area contributed by atoms with Gasteiger partial charge >= 0.3 is 0 Å². The molecule has 2 aromatic rings. The van der Waals surface area contributed by atoms with Crippen LogP contribution >= 0.6 is 0 Å². The molecule has 4 rings (SSSR count). The van der Waals surface area contributed by atoms with Crippen LogP contribution in [0, 0.1) is 0 Å². The molecule has 1 saturated heterocycles. The average molecular weight is 397 g/mol. The minimum Gasteiger partial charge on any atom is -0.484 e. The van der Waals surface area contributed by atoms with Crippen LogP contribution in [0.2, 0.25) is 0 Å². The number of carbonyl (C=O) groups excluding carboxylic acids is 1. The van der Waals surface area contributed by atoms with Crippen molar-refractivity contribution in [2.24, 2.45) is 5.73 Å². The van der Waals surface area contributed by atoms with E-state index in [9.17, 15) is 9.90 Å². The molecule has 1 unspecified atom stereocenters. The number of anilines is 1. The number of ether oxygens (including phenoxy) is 2. The molecule has 0 saturated carbocycles. The summed E-state index contributed by atoms with van der Waals surface area (Å²) in [5.41, 5.74) is 8.14. The van der Waals surface area contributed by atoms with E-state index in [0.29, 0.717) is 17.9 Å². The Morgan fingerprint density at radius 1 is 1.10 bits per heavy atom. The first kappa shape index (κ1) is 19.5. The summed E-state index contributed by atoms with van der Waals surface area (Å²) in [4.78, 5) is 16.3. The van der Waals surface area contributed by atoms with Gasteiger partial charge in [0.2, 0.25) is 5.91 Å². The SMILES string of the molecule is NC(=O)c1ccccc1CCN1CCN(c2cccc3c2OCC(CO)O3)CC1. The van der Waals surface area contributed by atoms with Crippen LogP contribution in [-0.2, 0) is 6.42 Å². The molecule has 1 fully saturated rings. The van der Waals surface area contributed by atoms with Gasteiger partial charge in [0.05, 0.1) is 12.3 Å². The number of piperazine rings is 1. The van der Waals surface area contributed by atoms with E-state index in [1.54, 1.807) is 6.07 Å². The lowest BCUT2D eigenvalue weighted by Crippen LogP contribution is -2.47. The Bertz CT molecular complexity index is 865. The van der Waals surface area contributed by atoms with E-state index in [2.05, 4.69) is 15.9 Å². The second-order valence-electron chi connectivity index (χ2n) is 7.44. The number of primary amides is 1. The molecule has 2 aliphatic rings. The standard InChI is InChI=1S/C22H27N3O4/c23-22(27)18-5-2-1-4-16(18)8-9-24-10-12-25(13-11-24)19-6-3-7-20-21(19)28-15-17(14-26)29-20/h1-7,17,26H,8-15H2,(H2,23,27). The zero-order chi connectivity index (χ0) is 20.2. The van der Waals surface area contributed by atoms with Crippen molar-refractivity contribution in [3.63, 3.8) is 0 Å². The summed E-state index contributed by atoms with van der Waals surface area (Å²) in [7, 11) is 0. The minimum absolute atomic E-state index is 0.0543. The molecule has 1 amide bonds. The van der Waals surface area contributed by atoms with Crippen LogP contribution in [0.25, 0.3) is 0 Å². The monoisotopic (exact) mass is 397 g/mol. The first-order valence-electron chi connectivity index (χ1n) is 10.0. The highest BCUT2D eigenvalue weighted by Crippen LogP contribution is 2.40. The fourth-order valence-corrected chi connectivity index (χ4v) is 3.94. The highest BCUT2D eigenvalue weighted by atomic mass is 16.6. The molecule has 3 N–H and O–H groups in total. The van der Waals surface area contributed by atoms with E-state index >= 15 is 0 Å². The van der Waals surface area contributed by atoms with Crippen LogP contribution in [-0.4, -0.2) is 68.0 Å². The summed E-state index contributed by atoms with van der Waals surface area (Å²) in [6.45, 7) is 4.84. The van der Waals surface area contributed by atoms with Crippen molar-refractivity contribution in [2.75, 3.05) is 50.8 Å². The van der Waals surface area contributed by atoms with Gasteiger partial charge in [0.15, 0.2) is 17.6 Å². The fraction of sp³-hybridized carbons (Fsp3) is 0.409. The summed E-state index contributed by atoms with van der Waals surface area (Å²) >= 11 is 0. The van der Waals surface area contributed by atoms with Gasteiger partial charge in [-0.2, -0.15) is 0 Å². The van der Waals surface area contributed by atoms with Gasteiger partial charge in [-0.3, -0.25) is 9.69 Å². The molecular weight excluding hydrogens is 370 g/mol. The maximum absolute atomic E-state index is 11.6. The van der Waals surface area contributed by atoms with E-state index in [-0.39, 0.29) is 18.6 Å². The molecule has 154 valence electrons. The number of carbonyl (C=O) groups is 1. The van der Waals surface area contributed by atoms with Gasteiger partial charge in [-0.15, -0.1) is 0 Å². The number of rotatable bonds is 6. The Morgan fingerprint density at radius 2 is 1.90 bits per heavy atom. The Balaban J connectivity index is 1.36. The van der Waals surface area contributed by atoms with E-state index in [4.69, 9.17) is 15.2 Å². The van der Waals surface area contributed by atoms with E-state index in [1.807, 2.05) is 30.3 Å². The number of fused-ring (bicyclic) bond motifs is 1.